The van der Waals surface area contributed by atoms with Crippen molar-refractivity contribution in [3.63, 3.8) is 0 Å². The molecule has 9 aromatic rings. The van der Waals surface area contributed by atoms with E-state index in [4.69, 9.17) is 15.4 Å². The Bertz CT molecular complexity index is 2930. The largest absolute Gasteiger partial charge is 0.456 e. The first kappa shape index (κ1) is 16.7. The number of benzene rings is 8. The predicted molar refractivity (Wildman–Crippen MR) is 183 cm³/mol. The lowest BCUT2D eigenvalue weighted by atomic mass is 9.85. The van der Waals surface area contributed by atoms with Crippen LogP contribution in [0.15, 0.2) is 162 Å². The zero-order valence-electron chi connectivity index (χ0n) is 31.7. The lowest BCUT2D eigenvalue weighted by Gasteiger charge is -2.18. The van der Waals surface area contributed by atoms with Crippen LogP contribution in [0.25, 0.3) is 87.6 Å². The molecule has 1 nitrogen and oxygen atoms in total. The summed E-state index contributed by atoms with van der Waals surface area (Å²) in [5, 5.41) is 7.26. The van der Waals surface area contributed by atoms with Crippen molar-refractivity contribution < 1.29 is 16.8 Å². The van der Waals surface area contributed by atoms with Crippen molar-refractivity contribution >= 4 is 54.3 Å². The van der Waals surface area contributed by atoms with Crippen molar-refractivity contribution in [1.29, 1.82) is 0 Å². The van der Waals surface area contributed by atoms with Crippen molar-refractivity contribution in [2.75, 3.05) is 0 Å². The first-order chi connectivity index (χ1) is 25.1. The van der Waals surface area contributed by atoms with Crippen LogP contribution in [0.1, 0.15) is 12.3 Å². The molecule has 1 heteroatoms. The van der Waals surface area contributed by atoms with E-state index in [-0.39, 0.29) is 28.8 Å². The molecule has 0 saturated carbocycles. The second kappa shape index (κ2) is 9.44. The molecule has 1 aromatic heterocycles. The molecule has 43 heavy (non-hydrogen) atoms. The van der Waals surface area contributed by atoms with Gasteiger partial charge >= 0.3 is 0 Å². The van der Waals surface area contributed by atoms with Gasteiger partial charge in [-0.3, -0.25) is 0 Å². The number of hydrogen-bond acceptors (Lipinski definition) is 1. The van der Waals surface area contributed by atoms with Gasteiger partial charge < -0.3 is 4.42 Å². The predicted octanol–water partition coefficient (Wildman–Crippen LogP) is 12.0. The van der Waals surface area contributed by atoms with Crippen LogP contribution >= 0.6 is 0 Å². The fraction of sp³-hybridized carbons (Fsp3) is 0. The summed E-state index contributed by atoms with van der Waals surface area (Å²) >= 11 is 0. The average molecular weight is 556 g/mol. The molecule has 1 heterocycles. The maximum atomic E-state index is 9.48. The normalized spacial score (nSPS) is 14.7. The number of furan rings is 1. The van der Waals surface area contributed by atoms with Gasteiger partial charge in [0.25, 0.3) is 0 Å². The summed E-state index contributed by atoms with van der Waals surface area (Å²) in [7, 11) is 0. The molecule has 0 aliphatic carbocycles. The minimum atomic E-state index is -0.604. The van der Waals surface area contributed by atoms with Crippen LogP contribution in [0.3, 0.4) is 0 Å². The van der Waals surface area contributed by atoms with E-state index in [0.29, 0.717) is 16.3 Å². The van der Waals surface area contributed by atoms with Crippen LogP contribution in [0, 0.1) is 0 Å². The van der Waals surface area contributed by atoms with E-state index in [1.165, 1.54) is 0 Å². The standard InChI is InChI=1S/C42H26O/c1-2-11-27(12-3-1)28-15-10-16-31(23-28)41-34-17-6-8-19-36(34)42(37-20-9-7-18-35(37)41)32-21-22-33-38-24-29-13-4-5-14-30(29)25-40(38)43-39(33)26-32/h1-26H/i1D,2D,3D,10D,11D,12D,15D,16D,23D. The van der Waals surface area contributed by atoms with Gasteiger partial charge in [-0.05, 0) is 96.0 Å². The molecular weight excluding hydrogens is 520 g/mol. The molecule has 0 aliphatic rings. The Morgan fingerprint density at radius 2 is 0.953 bits per heavy atom. The summed E-state index contributed by atoms with van der Waals surface area (Å²) in [6, 6.07) is 29.1. The van der Waals surface area contributed by atoms with Crippen LogP contribution < -0.4 is 0 Å². The van der Waals surface area contributed by atoms with Gasteiger partial charge in [-0.2, -0.15) is 0 Å². The van der Waals surface area contributed by atoms with Gasteiger partial charge in [-0.15, -0.1) is 0 Å². The zero-order chi connectivity index (χ0) is 36.2. The van der Waals surface area contributed by atoms with E-state index in [0.717, 1.165) is 54.6 Å². The van der Waals surface area contributed by atoms with Crippen molar-refractivity contribution in [3.8, 4) is 33.4 Å². The quantitative estimate of drug-likeness (QED) is 0.198. The molecule has 0 fully saturated rings. The first-order valence-corrected chi connectivity index (χ1v) is 14.0. The van der Waals surface area contributed by atoms with Crippen LogP contribution in [-0.4, -0.2) is 0 Å². The molecule has 0 atom stereocenters. The zero-order valence-corrected chi connectivity index (χ0v) is 22.7. The van der Waals surface area contributed by atoms with Gasteiger partial charge in [0.2, 0.25) is 0 Å². The van der Waals surface area contributed by atoms with E-state index in [9.17, 15) is 1.37 Å². The summed E-state index contributed by atoms with van der Waals surface area (Å²) in [5.74, 6) is 0. The fourth-order valence-corrected chi connectivity index (χ4v) is 6.30. The molecule has 0 aliphatic heterocycles. The van der Waals surface area contributed by atoms with Crippen molar-refractivity contribution in [2.45, 2.75) is 0 Å². The molecule has 0 saturated heterocycles. The van der Waals surface area contributed by atoms with E-state index >= 15 is 0 Å². The van der Waals surface area contributed by atoms with Crippen LogP contribution in [-0.2, 0) is 0 Å². The van der Waals surface area contributed by atoms with E-state index in [2.05, 4.69) is 36.4 Å². The number of hydrogen-bond donors (Lipinski definition) is 0. The number of fused-ring (bicyclic) bond motifs is 6. The Morgan fingerprint density at radius 1 is 0.395 bits per heavy atom. The van der Waals surface area contributed by atoms with Gasteiger partial charge in [-0.1, -0.05) is 127 Å². The molecule has 0 bridgehead atoms. The lowest BCUT2D eigenvalue weighted by Crippen LogP contribution is -1.91. The summed E-state index contributed by atoms with van der Waals surface area (Å²) in [6.07, 6.45) is 0. The van der Waals surface area contributed by atoms with Crippen LogP contribution in [0.2, 0.25) is 0 Å². The van der Waals surface area contributed by atoms with Crippen molar-refractivity contribution in [2.24, 2.45) is 0 Å². The summed E-state index contributed by atoms with van der Waals surface area (Å²) in [6.45, 7) is 0. The highest BCUT2D eigenvalue weighted by Crippen LogP contribution is 2.45. The minimum absolute atomic E-state index is 0.0431. The molecule has 0 unspecified atom stereocenters. The minimum Gasteiger partial charge on any atom is -0.456 e. The van der Waals surface area contributed by atoms with Crippen LogP contribution in [0.5, 0.6) is 0 Å². The summed E-state index contributed by atoms with van der Waals surface area (Å²) in [5.41, 5.74) is 3.24. The van der Waals surface area contributed by atoms with E-state index in [1.807, 2.05) is 66.7 Å². The molecule has 9 rings (SSSR count). The highest BCUT2D eigenvalue weighted by Gasteiger charge is 2.18. The topological polar surface area (TPSA) is 13.1 Å². The second-order valence-electron chi connectivity index (χ2n) is 10.6. The molecule has 8 aromatic carbocycles. The van der Waals surface area contributed by atoms with Crippen molar-refractivity contribution in [1.82, 2.24) is 0 Å². The Kier molecular flexibility index (Phi) is 3.67. The summed E-state index contributed by atoms with van der Waals surface area (Å²) < 4.78 is 84.5. The molecule has 0 spiro atoms. The molecule has 0 radical (unpaired) electrons. The molecular formula is C42H26O. The maximum Gasteiger partial charge on any atom is 0.136 e. The van der Waals surface area contributed by atoms with Crippen molar-refractivity contribution in [3.05, 3.63) is 158 Å². The Labute approximate surface area is 261 Å². The van der Waals surface area contributed by atoms with E-state index < -0.39 is 42.3 Å². The Morgan fingerprint density at radius 3 is 1.65 bits per heavy atom. The fourth-order valence-electron chi connectivity index (χ4n) is 6.30. The SMILES string of the molecule is [2H]c1c([2H])c([2H])c(-c2c([2H])c([2H])c([2H])c(-c3c4ccccc4c(-c4ccc5c(c4)oc4cc6ccccc6cc45)c4ccccc34)c2[2H])c([2H])c1[2H]. The van der Waals surface area contributed by atoms with E-state index in [1.54, 1.807) is 0 Å². The molecule has 0 N–H and O–H groups in total. The Hall–Kier alpha value is -5.66. The lowest BCUT2D eigenvalue weighted by molar-refractivity contribution is 0.669. The maximum absolute atomic E-state index is 9.48. The highest BCUT2D eigenvalue weighted by atomic mass is 16.3. The Balaban J connectivity index is 1.36. The average Bonchev–Trinajstić information content (AvgIpc) is 3.52. The van der Waals surface area contributed by atoms with Crippen LogP contribution in [0.4, 0.5) is 0 Å². The third-order valence-electron chi connectivity index (χ3n) is 8.18. The van der Waals surface area contributed by atoms with Gasteiger partial charge in [0, 0.05) is 10.8 Å². The first-order valence-electron chi connectivity index (χ1n) is 18.5. The third kappa shape index (κ3) is 3.79. The van der Waals surface area contributed by atoms with Gasteiger partial charge in [-0.25, -0.2) is 0 Å². The number of rotatable bonds is 3. The second-order valence-corrected chi connectivity index (χ2v) is 10.6. The van der Waals surface area contributed by atoms with Gasteiger partial charge in [0.05, 0.1) is 12.3 Å². The van der Waals surface area contributed by atoms with Gasteiger partial charge in [0.15, 0.2) is 0 Å². The summed E-state index contributed by atoms with van der Waals surface area (Å²) in [4.78, 5) is 0. The monoisotopic (exact) mass is 555 g/mol. The molecule has 200 valence electrons. The molecule has 0 amide bonds. The van der Waals surface area contributed by atoms with Gasteiger partial charge in [0.1, 0.15) is 11.2 Å². The smallest absolute Gasteiger partial charge is 0.136 e. The third-order valence-corrected chi connectivity index (χ3v) is 8.18. The highest BCUT2D eigenvalue weighted by molar-refractivity contribution is 6.22.